The maximum Gasteiger partial charge on any atom is 0.130 e. The molecule has 2 N–H and O–H groups in total. The summed E-state index contributed by atoms with van der Waals surface area (Å²) in [6.07, 6.45) is -0.278. The Balaban J connectivity index is 0.000000229. The molecular formula is C23H28IrN2O4-2. The molecule has 0 saturated carbocycles. The zero-order valence-corrected chi connectivity index (χ0v) is 19.6. The quantitative estimate of drug-likeness (QED) is 0.539. The van der Waals surface area contributed by atoms with E-state index in [1.54, 1.807) is 13.8 Å². The number of rotatable bonds is 4. The molecule has 165 valence electrons. The fourth-order valence-electron chi connectivity index (χ4n) is 2.54. The molecule has 1 radical (unpaired) electrons. The minimum Gasteiger partial charge on any atom is -0.518 e. The molecule has 0 saturated heterocycles. The zero-order valence-electron chi connectivity index (χ0n) is 17.2. The fraction of sp³-hybridized carbons (Fsp3) is 0.391. The largest absolute Gasteiger partial charge is 0.518 e. The van der Waals surface area contributed by atoms with Crippen LogP contribution in [0.15, 0.2) is 58.5 Å². The van der Waals surface area contributed by atoms with Gasteiger partial charge < -0.3 is 19.7 Å². The average Bonchev–Trinajstić information content (AvgIpc) is 3.44. The van der Waals surface area contributed by atoms with Gasteiger partial charge in [-0.2, -0.15) is 0 Å². The first-order valence-corrected chi connectivity index (χ1v) is 9.71. The van der Waals surface area contributed by atoms with E-state index in [-0.39, 0.29) is 32.3 Å². The minimum atomic E-state index is -0.375. The molecule has 2 aliphatic heterocycles. The molecule has 30 heavy (non-hydrogen) atoms. The van der Waals surface area contributed by atoms with Crippen molar-refractivity contribution < 1.29 is 39.8 Å². The Morgan fingerprint density at radius 1 is 0.833 bits per heavy atom. The van der Waals surface area contributed by atoms with Crippen LogP contribution in [0.2, 0.25) is 0 Å². The first-order valence-electron chi connectivity index (χ1n) is 9.71. The average molecular weight is 589 g/mol. The van der Waals surface area contributed by atoms with Gasteiger partial charge in [0.05, 0.1) is 38.5 Å². The number of aliphatic hydroxyl groups is 2. The monoisotopic (exact) mass is 589 g/mol. The van der Waals surface area contributed by atoms with E-state index < -0.39 is 0 Å². The summed E-state index contributed by atoms with van der Waals surface area (Å²) >= 11 is 0. The molecule has 0 spiro atoms. The van der Waals surface area contributed by atoms with Gasteiger partial charge in [0, 0.05) is 20.1 Å². The van der Waals surface area contributed by atoms with E-state index in [0.29, 0.717) is 19.6 Å². The summed E-state index contributed by atoms with van der Waals surface area (Å²) in [6, 6.07) is 21.5. The Morgan fingerprint density at radius 3 is 1.50 bits per heavy atom. The molecule has 0 fully saturated rings. The van der Waals surface area contributed by atoms with Crippen LogP contribution in [0.1, 0.15) is 31.4 Å². The van der Waals surface area contributed by atoms with E-state index in [4.69, 9.17) is 19.7 Å². The summed E-state index contributed by atoms with van der Waals surface area (Å²) in [7, 11) is 0. The van der Waals surface area contributed by atoms with Gasteiger partial charge >= 0.3 is 0 Å². The van der Waals surface area contributed by atoms with Gasteiger partial charge in [-0.05, 0) is 20.3 Å². The Morgan fingerprint density at radius 2 is 1.27 bits per heavy atom. The molecule has 0 aromatic heterocycles. The maximum absolute atomic E-state index is 8.56. The van der Waals surface area contributed by atoms with Gasteiger partial charge in [0.25, 0.3) is 0 Å². The van der Waals surface area contributed by atoms with E-state index in [2.05, 4.69) is 22.1 Å². The summed E-state index contributed by atoms with van der Waals surface area (Å²) in [5.74, 6) is 1.45. The van der Waals surface area contributed by atoms with E-state index in [0.717, 1.165) is 36.0 Å². The normalized spacial score (nSPS) is 16.0. The van der Waals surface area contributed by atoms with Gasteiger partial charge in [0.1, 0.15) is 11.8 Å². The van der Waals surface area contributed by atoms with Crippen molar-refractivity contribution in [1.82, 2.24) is 0 Å². The molecule has 4 rings (SSSR count). The summed E-state index contributed by atoms with van der Waals surface area (Å²) < 4.78 is 10.5. The predicted octanol–water partition coefficient (Wildman–Crippen LogP) is 2.66. The predicted molar refractivity (Wildman–Crippen MR) is 113 cm³/mol. The van der Waals surface area contributed by atoms with Gasteiger partial charge in [0.2, 0.25) is 0 Å². The third kappa shape index (κ3) is 10.1. The molecule has 7 heteroatoms. The number of ether oxygens (including phenoxy) is 2. The first-order chi connectivity index (χ1) is 14.1. The van der Waals surface area contributed by atoms with Crippen molar-refractivity contribution in [2.75, 3.05) is 26.3 Å². The SMILES string of the molecule is CC(O)CC(C)O.[Ir].[c-]1ccccc1C1=NCCO1.[c-]1ccccc1C1=NCCO1. The van der Waals surface area contributed by atoms with Crippen LogP contribution in [-0.2, 0) is 29.6 Å². The number of aliphatic hydroxyl groups excluding tert-OH is 2. The molecule has 0 amide bonds. The number of nitrogens with zero attached hydrogens (tertiary/aromatic N) is 2. The number of aliphatic imine (C=N–C) groups is 2. The third-order valence-corrected chi connectivity index (χ3v) is 3.73. The second kappa shape index (κ2) is 14.9. The summed E-state index contributed by atoms with van der Waals surface area (Å²) in [4.78, 5) is 8.34. The molecular weight excluding hydrogens is 560 g/mol. The first kappa shape index (κ1) is 26.0. The van der Waals surface area contributed by atoms with Gasteiger partial charge in [-0.15, -0.1) is 60.7 Å². The van der Waals surface area contributed by atoms with Gasteiger partial charge in [-0.25, -0.2) is 0 Å². The van der Waals surface area contributed by atoms with Crippen LogP contribution < -0.4 is 0 Å². The molecule has 2 unspecified atom stereocenters. The molecule has 0 aliphatic carbocycles. The molecule has 2 atom stereocenters. The van der Waals surface area contributed by atoms with E-state index in [9.17, 15) is 0 Å². The Labute approximate surface area is 192 Å². The van der Waals surface area contributed by atoms with Crippen LogP contribution >= 0.6 is 0 Å². The standard InChI is InChI=1S/2C9H8NO.C5H12O2.Ir/c2*1-2-4-8(5-3-1)9-10-6-7-11-9;1-4(6)3-5(2)7;/h2*1-4H,6-7H2;4-7H,3H2,1-2H3;/q2*-1;;. The Kier molecular flexibility index (Phi) is 12.9. The van der Waals surface area contributed by atoms with Gasteiger partial charge in [-0.1, -0.05) is 11.1 Å². The number of hydrogen-bond acceptors (Lipinski definition) is 6. The third-order valence-electron chi connectivity index (χ3n) is 3.73. The van der Waals surface area contributed by atoms with Crippen LogP contribution in [0.25, 0.3) is 0 Å². The van der Waals surface area contributed by atoms with Crippen LogP contribution in [0.5, 0.6) is 0 Å². The smallest absolute Gasteiger partial charge is 0.130 e. The Bertz CT molecular complexity index is 700. The van der Waals surface area contributed by atoms with E-state index >= 15 is 0 Å². The number of benzene rings is 2. The molecule has 0 bridgehead atoms. The van der Waals surface area contributed by atoms with Crippen LogP contribution in [0.3, 0.4) is 0 Å². The van der Waals surface area contributed by atoms with Crippen LogP contribution in [0, 0.1) is 12.1 Å². The van der Waals surface area contributed by atoms with Crippen molar-refractivity contribution in [3.63, 3.8) is 0 Å². The van der Waals surface area contributed by atoms with Gasteiger partial charge in [0.15, 0.2) is 0 Å². The van der Waals surface area contributed by atoms with Crippen molar-refractivity contribution in [1.29, 1.82) is 0 Å². The van der Waals surface area contributed by atoms with Crippen molar-refractivity contribution >= 4 is 11.8 Å². The maximum atomic E-state index is 8.56. The number of hydrogen-bond donors (Lipinski definition) is 2. The Hall–Kier alpha value is -2.05. The second-order valence-corrected chi connectivity index (χ2v) is 6.56. The summed E-state index contributed by atoms with van der Waals surface area (Å²) in [6.45, 7) is 6.28. The fourth-order valence-corrected chi connectivity index (χ4v) is 2.54. The van der Waals surface area contributed by atoms with Crippen molar-refractivity contribution in [2.24, 2.45) is 9.98 Å². The van der Waals surface area contributed by atoms with Crippen LogP contribution in [-0.4, -0.2) is 60.5 Å². The molecule has 2 aromatic rings. The molecule has 2 aromatic carbocycles. The minimum absolute atomic E-state index is 0. The molecule has 2 aliphatic rings. The van der Waals surface area contributed by atoms with E-state index in [1.807, 2.05) is 48.5 Å². The van der Waals surface area contributed by atoms with Gasteiger partial charge in [-0.3, -0.25) is 9.98 Å². The van der Waals surface area contributed by atoms with Crippen molar-refractivity contribution in [3.05, 3.63) is 71.8 Å². The topological polar surface area (TPSA) is 83.6 Å². The summed E-state index contributed by atoms with van der Waals surface area (Å²) in [5.41, 5.74) is 1.90. The van der Waals surface area contributed by atoms with E-state index in [1.165, 1.54) is 0 Å². The molecule has 6 nitrogen and oxygen atoms in total. The summed E-state index contributed by atoms with van der Waals surface area (Å²) in [5, 5.41) is 17.1. The second-order valence-electron chi connectivity index (χ2n) is 6.56. The van der Waals surface area contributed by atoms with Crippen molar-refractivity contribution in [2.45, 2.75) is 32.5 Å². The van der Waals surface area contributed by atoms with Crippen molar-refractivity contribution in [3.8, 4) is 0 Å². The van der Waals surface area contributed by atoms with Crippen LogP contribution in [0.4, 0.5) is 0 Å². The molecule has 2 heterocycles. The zero-order chi connectivity index (χ0) is 20.9.